The number of hydrogen-bond acceptors (Lipinski definition) is 9. The van der Waals surface area contributed by atoms with Gasteiger partial charge in [-0.1, -0.05) is 0 Å². The maximum Gasteiger partial charge on any atom is 0.342 e. The second-order valence-electron chi connectivity index (χ2n) is 6.07. The molecule has 3 aromatic rings. The van der Waals surface area contributed by atoms with E-state index in [0.29, 0.717) is 23.5 Å². The van der Waals surface area contributed by atoms with Crippen molar-refractivity contribution >= 4 is 34.7 Å². The summed E-state index contributed by atoms with van der Waals surface area (Å²) in [4.78, 5) is 40.9. The molecule has 3 aromatic heterocycles. The van der Waals surface area contributed by atoms with E-state index < -0.39 is 17.5 Å². The Morgan fingerprint density at radius 3 is 2.67 bits per heavy atom. The van der Waals surface area contributed by atoms with Gasteiger partial charge >= 0.3 is 11.9 Å². The molecule has 0 saturated heterocycles. The van der Waals surface area contributed by atoms with E-state index in [2.05, 4.69) is 15.4 Å². The number of anilines is 2. The highest BCUT2D eigenvalue weighted by Crippen LogP contribution is 2.29. The van der Waals surface area contributed by atoms with E-state index in [4.69, 9.17) is 9.47 Å². The Morgan fingerprint density at radius 2 is 2.03 bits per heavy atom. The predicted octanol–water partition coefficient (Wildman–Crippen LogP) is 2.85. The maximum atomic E-state index is 13.0. The van der Waals surface area contributed by atoms with Crippen LogP contribution in [0.15, 0.2) is 46.1 Å². The number of aryl methyl sites for hydroxylation is 1. The van der Waals surface area contributed by atoms with E-state index in [1.54, 1.807) is 31.3 Å². The molecule has 0 aliphatic carbocycles. The Hall–Kier alpha value is -3.53. The molecule has 0 unspecified atom stereocenters. The summed E-state index contributed by atoms with van der Waals surface area (Å²) in [7, 11) is 0. The Labute approximate surface area is 176 Å². The molecule has 3 rings (SSSR count). The Bertz CT molecular complexity index is 1080. The molecular formula is C20H20N4O5S. The lowest BCUT2D eigenvalue weighted by molar-refractivity contribution is -0.142. The summed E-state index contributed by atoms with van der Waals surface area (Å²) in [6, 6.07) is 5.24. The van der Waals surface area contributed by atoms with Crippen molar-refractivity contribution in [1.82, 2.24) is 14.8 Å². The minimum atomic E-state index is -0.748. The summed E-state index contributed by atoms with van der Waals surface area (Å²) in [5, 5.41) is 11.1. The molecule has 0 bridgehead atoms. The second-order valence-corrected chi connectivity index (χ2v) is 6.85. The van der Waals surface area contributed by atoms with Crippen LogP contribution >= 0.6 is 11.3 Å². The predicted molar refractivity (Wildman–Crippen MR) is 112 cm³/mol. The lowest BCUT2D eigenvalue weighted by Crippen LogP contribution is -2.29. The van der Waals surface area contributed by atoms with Crippen LogP contribution in [0, 0.1) is 0 Å². The minimum Gasteiger partial charge on any atom is -0.462 e. The number of carbonyl (C=O) groups excluding carboxylic acids is 2. The highest BCUT2D eigenvalue weighted by Gasteiger charge is 2.26. The van der Waals surface area contributed by atoms with Gasteiger partial charge in [-0.25, -0.2) is 9.48 Å². The van der Waals surface area contributed by atoms with E-state index in [-0.39, 0.29) is 24.5 Å². The number of carbonyl (C=O) groups is 2. The van der Waals surface area contributed by atoms with Crippen molar-refractivity contribution < 1.29 is 19.1 Å². The number of esters is 2. The molecule has 0 amide bonds. The number of ether oxygens (including phenoxy) is 2. The fourth-order valence-corrected chi connectivity index (χ4v) is 3.31. The molecule has 3 heterocycles. The lowest BCUT2D eigenvalue weighted by Gasteiger charge is -2.16. The van der Waals surface area contributed by atoms with Gasteiger partial charge in [-0.05, 0) is 30.5 Å². The molecule has 0 aromatic carbocycles. The third-order valence-electron chi connectivity index (χ3n) is 4.01. The largest absolute Gasteiger partial charge is 0.462 e. The number of rotatable bonds is 8. The van der Waals surface area contributed by atoms with Crippen LogP contribution in [0.2, 0.25) is 0 Å². The monoisotopic (exact) mass is 428 g/mol. The molecule has 1 N–H and O–H groups in total. The fraction of sp³-hybridized carbons (Fsp3) is 0.250. The highest BCUT2D eigenvalue weighted by molar-refractivity contribution is 7.08. The van der Waals surface area contributed by atoms with Crippen molar-refractivity contribution in [1.29, 1.82) is 0 Å². The van der Waals surface area contributed by atoms with Crippen molar-refractivity contribution in [2.24, 2.45) is 0 Å². The standard InChI is InChI=1S/C20H20N4O5S/c1-3-24-19(26)18(22-15-5-4-7-21-11-15)16(17(23-24)14-6-10-30-12-14)20(27)29-9-8-28-13(2)25/h4-7,10-12,22H,3,8-9H2,1-2H3. The van der Waals surface area contributed by atoms with Crippen LogP contribution in [0.5, 0.6) is 0 Å². The van der Waals surface area contributed by atoms with Gasteiger partial charge in [0, 0.05) is 30.6 Å². The van der Waals surface area contributed by atoms with Crippen molar-refractivity contribution in [2.45, 2.75) is 20.4 Å². The molecule has 0 aliphatic rings. The molecule has 156 valence electrons. The first-order valence-corrected chi connectivity index (χ1v) is 10.1. The van der Waals surface area contributed by atoms with Gasteiger partial charge in [-0.3, -0.25) is 14.6 Å². The normalized spacial score (nSPS) is 10.5. The van der Waals surface area contributed by atoms with Gasteiger partial charge in [0.2, 0.25) is 0 Å². The Morgan fingerprint density at radius 1 is 1.23 bits per heavy atom. The summed E-state index contributed by atoms with van der Waals surface area (Å²) < 4.78 is 11.3. The molecular weight excluding hydrogens is 408 g/mol. The average Bonchev–Trinajstić information content (AvgIpc) is 3.27. The smallest absolute Gasteiger partial charge is 0.342 e. The van der Waals surface area contributed by atoms with Crippen LogP contribution in [-0.2, 0) is 20.8 Å². The molecule has 10 heteroatoms. The third kappa shape index (κ3) is 4.90. The van der Waals surface area contributed by atoms with Gasteiger partial charge < -0.3 is 14.8 Å². The van der Waals surface area contributed by atoms with Crippen LogP contribution in [0.3, 0.4) is 0 Å². The number of nitrogens with one attached hydrogen (secondary N) is 1. The zero-order valence-corrected chi connectivity index (χ0v) is 17.3. The molecule has 0 spiro atoms. The van der Waals surface area contributed by atoms with Crippen LogP contribution in [-0.4, -0.2) is 39.9 Å². The van der Waals surface area contributed by atoms with Gasteiger partial charge in [-0.15, -0.1) is 0 Å². The van der Waals surface area contributed by atoms with Gasteiger partial charge in [0.05, 0.1) is 11.9 Å². The summed E-state index contributed by atoms with van der Waals surface area (Å²) >= 11 is 1.44. The summed E-state index contributed by atoms with van der Waals surface area (Å²) in [5.41, 5.74) is 1.12. The zero-order valence-electron chi connectivity index (χ0n) is 16.5. The van der Waals surface area contributed by atoms with E-state index in [1.165, 1.54) is 29.1 Å². The summed E-state index contributed by atoms with van der Waals surface area (Å²) in [5.74, 6) is -1.22. The summed E-state index contributed by atoms with van der Waals surface area (Å²) in [6.07, 6.45) is 3.14. The quantitative estimate of drug-likeness (QED) is 0.431. The zero-order chi connectivity index (χ0) is 21.5. The number of hydrogen-bond donors (Lipinski definition) is 1. The Kier molecular flexibility index (Phi) is 6.91. The van der Waals surface area contributed by atoms with Crippen molar-refractivity contribution in [3.8, 4) is 11.3 Å². The van der Waals surface area contributed by atoms with Crippen LogP contribution in [0.1, 0.15) is 24.2 Å². The second kappa shape index (κ2) is 9.79. The first-order valence-electron chi connectivity index (χ1n) is 9.16. The SMILES string of the molecule is CCn1nc(-c2ccsc2)c(C(=O)OCCOC(C)=O)c(Nc2cccnc2)c1=O. The van der Waals surface area contributed by atoms with Gasteiger partial charge in [0.25, 0.3) is 5.56 Å². The number of aromatic nitrogens is 3. The minimum absolute atomic E-state index is 0.00905. The highest BCUT2D eigenvalue weighted by atomic mass is 32.1. The van der Waals surface area contributed by atoms with Gasteiger partial charge in [0.1, 0.15) is 30.2 Å². The van der Waals surface area contributed by atoms with Crippen LogP contribution in [0.4, 0.5) is 11.4 Å². The van der Waals surface area contributed by atoms with E-state index >= 15 is 0 Å². The van der Waals surface area contributed by atoms with Gasteiger partial charge in [0.15, 0.2) is 0 Å². The molecule has 0 fully saturated rings. The summed E-state index contributed by atoms with van der Waals surface area (Å²) in [6.45, 7) is 3.14. The molecule has 0 radical (unpaired) electrons. The van der Waals surface area contributed by atoms with E-state index in [9.17, 15) is 14.4 Å². The molecule has 0 atom stereocenters. The average molecular weight is 428 g/mol. The topological polar surface area (TPSA) is 112 Å². The molecule has 9 nitrogen and oxygen atoms in total. The number of thiophene rings is 1. The number of pyridine rings is 1. The third-order valence-corrected chi connectivity index (χ3v) is 4.69. The molecule has 30 heavy (non-hydrogen) atoms. The van der Waals surface area contributed by atoms with Crippen molar-refractivity contribution in [3.05, 3.63) is 57.3 Å². The fourth-order valence-electron chi connectivity index (χ4n) is 2.67. The lowest BCUT2D eigenvalue weighted by atomic mass is 10.1. The Balaban J connectivity index is 2.08. The first kappa shape index (κ1) is 21.2. The maximum absolute atomic E-state index is 13.0. The molecule has 0 saturated carbocycles. The van der Waals surface area contributed by atoms with Crippen molar-refractivity contribution in [3.63, 3.8) is 0 Å². The number of nitrogens with zero attached hydrogens (tertiary/aromatic N) is 3. The van der Waals surface area contributed by atoms with E-state index in [0.717, 1.165) is 0 Å². The van der Waals surface area contributed by atoms with Crippen LogP contribution in [0.25, 0.3) is 11.3 Å². The first-order chi connectivity index (χ1) is 14.5. The van der Waals surface area contributed by atoms with Crippen molar-refractivity contribution in [2.75, 3.05) is 18.5 Å². The molecule has 0 aliphatic heterocycles. The van der Waals surface area contributed by atoms with Crippen LogP contribution < -0.4 is 10.9 Å². The van der Waals surface area contributed by atoms with E-state index in [1.807, 2.05) is 10.8 Å². The van der Waals surface area contributed by atoms with Gasteiger partial charge in [-0.2, -0.15) is 16.4 Å².